The van der Waals surface area contributed by atoms with E-state index in [2.05, 4.69) is 11.1 Å². The maximum atomic E-state index is 9.25. The van der Waals surface area contributed by atoms with Crippen LogP contribution in [0.2, 0.25) is 10.0 Å². The fourth-order valence-corrected chi connectivity index (χ4v) is 3.21. The molecular formula is C17H10Cl2N2OS. The lowest BCUT2D eigenvalue weighted by Crippen LogP contribution is -1.91. The van der Waals surface area contributed by atoms with Gasteiger partial charge in [-0.2, -0.15) is 5.26 Å². The number of benzene rings is 1. The minimum Gasteiger partial charge on any atom is -0.463 e. The number of halogens is 2. The summed E-state index contributed by atoms with van der Waals surface area (Å²) in [5.41, 5.74) is 2.24. The number of nitrogens with zero attached hydrogens (tertiary/aromatic N) is 2. The highest BCUT2D eigenvalue weighted by atomic mass is 35.5. The standard InChI is InChI=1S/C17H10Cl2N2OS/c18-13-5-3-11(8-14(13)19)10-23-17-12(9-20)4-6-15(21-17)16-2-1-7-22-16/h1-8H,10H2. The molecule has 0 aliphatic rings. The largest absolute Gasteiger partial charge is 0.463 e. The van der Waals surface area contributed by atoms with Crippen molar-refractivity contribution in [2.45, 2.75) is 10.8 Å². The first-order chi connectivity index (χ1) is 11.2. The molecular weight excluding hydrogens is 351 g/mol. The fraction of sp³-hybridized carbons (Fsp3) is 0.0588. The van der Waals surface area contributed by atoms with Gasteiger partial charge >= 0.3 is 0 Å². The Hall–Kier alpha value is -1.93. The second-order valence-electron chi connectivity index (χ2n) is 4.68. The van der Waals surface area contributed by atoms with E-state index in [1.54, 1.807) is 30.5 Å². The summed E-state index contributed by atoms with van der Waals surface area (Å²) in [7, 11) is 0. The Kier molecular flexibility index (Phi) is 4.92. The van der Waals surface area contributed by atoms with Crippen LogP contribution in [0.1, 0.15) is 11.1 Å². The van der Waals surface area contributed by atoms with Crippen LogP contribution in [0.25, 0.3) is 11.5 Å². The van der Waals surface area contributed by atoms with Crippen LogP contribution in [-0.4, -0.2) is 4.98 Å². The molecule has 0 saturated carbocycles. The number of hydrogen-bond acceptors (Lipinski definition) is 4. The molecule has 0 aliphatic carbocycles. The number of rotatable bonds is 4. The van der Waals surface area contributed by atoms with Crippen molar-refractivity contribution in [2.75, 3.05) is 0 Å². The highest BCUT2D eigenvalue weighted by Gasteiger charge is 2.10. The van der Waals surface area contributed by atoms with E-state index in [1.165, 1.54) is 11.8 Å². The zero-order valence-corrected chi connectivity index (χ0v) is 14.1. The summed E-state index contributed by atoms with van der Waals surface area (Å²) in [5, 5.41) is 11.0. The van der Waals surface area contributed by atoms with Crippen LogP contribution in [0, 0.1) is 11.3 Å². The maximum absolute atomic E-state index is 9.25. The van der Waals surface area contributed by atoms with E-state index in [0.29, 0.717) is 37.8 Å². The minimum absolute atomic E-state index is 0.516. The molecule has 0 fully saturated rings. The molecule has 0 saturated heterocycles. The summed E-state index contributed by atoms with van der Waals surface area (Å²) >= 11 is 13.4. The molecule has 0 bridgehead atoms. The summed E-state index contributed by atoms with van der Waals surface area (Å²) in [5.74, 6) is 1.31. The van der Waals surface area contributed by atoms with Gasteiger partial charge in [0.05, 0.1) is 21.9 Å². The number of thioether (sulfide) groups is 1. The number of pyridine rings is 1. The van der Waals surface area contributed by atoms with Gasteiger partial charge in [-0.3, -0.25) is 0 Å². The van der Waals surface area contributed by atoms with Crippen LogP contribution in [0.5, 0.6) is 0 Å². The summed E-state index contributed by atoms with van der Waals surface area (Å²) in [6.07, 6.45) is 1.59. The van der Waals surface area contributed by atoms with Gasteiger partial charge in [0.15, 0.2) is 5.76 Å². The predicted molar refractivity (Wildman–Crippen MR) is 92.7 cm³/mol. The molecule has 0 amide bonds. The predicted octanol–water partition coefficient (Wildman–Crippen LogP) is 5.81. The van der Waals surface area contributed by atoms with Gasteiger partial charge in [-0.05, 0) is 42.0 Å². The fourth-order valence-electron chi connectivity index (χ4n) is 1.98. The summed E-state index contributed by atoms with van der Waals surface area (Å²) in [6, 6.07) is 14.8. The molecule has 114 valence electrons. The first-order valence-corrected chi connectivity index (χ1v) is 8.43. The third kappa shape index (κ3) is 3.70. The van der Waals surface area contributed by atoms with Crippen molar-refractivity contribution in [3.8, 4) is 17.5 Å². The summed E-state index contributed by atoms with van der Waals surface area (Å²) in [6.45, 7) is 0. The van der Waals surface area contributed by atoms with E-state index in [-0.39, 0.29) is 0 Å². The molecule has 0 radical (unpaired) electrons. The number of hydrogen-bond donors (Lipinski definition) is 0. The summed E-state index contributed by atoms with van der Waals surface area (Å²) in [4.78, 5) is 4.53. The monoisotopic (exact) mass is 360 g/mol. The highest BCUT2D eigenvalue weighted by molar-refractivity contribution is 7.98. The minimum atomic E-state index is 0.516. The van der Waals surface area contributed by atoms with Gasteiger partial charge in [0, 0.05) is 5.75 Å². The van der Waals surface area contributed by atoms with E-state index >= 15 is 0 Å². The molecule has 2 aromatic heterocycles. The Morgan fingerprint density at radius 3 is 2.70 bits per heavy atom. The first kappa shape index (κ1) is 15.9. The van der Waals surface area contributed by atoms with E-state index in [1.807, 2.05) is 18.2 Å². The van der Waals surface area contributed by atoms with Crippen LogP contribution in [0.4, 0.5) is 0 Å². The van der Waals surface area contributed by atoms with E-state index < -0.39 is 0 Å². The molecule has 0 aliphatic heterocycles. The van der Waals surface area contributed by atoms with Gasteiger partial charge in [0.25, 0.3) is 0 Å². The van der Waals surface area contributed by atoms with Gasteiger partial charge in [0.1, 0.15) is 16.8 Å². The Balaban J connectivity index is 1.85. The van der Waals surface area contributed by atoms with Crippen molar-refractivity contribution in [3.63, 3.8) is 0 Å². The topological polar surface area (TPSA) is 49.8 Å². The van der Waals surface area contributed by atoms with Crippen molar-refractivity contribution >= 4 is 35.0 Å². The molecule has 1 aromatic carbocycles. The molecule has 23 heavy (non-hydrogen) atoms. The molecule has 3 aromatic rings. The average Bonchev–Trinajstić information content (AvgIpc) is 3.10. The van der Waals surface area contributed by atoms with Crippen molar-refractivity contribution in [3.05, 3.63) is 69.9 Å². The second-order valence-corrected chi connectivity index (χ2v) is 6.45. The average molecular weight is 361 g/mol. The van der Waals surface area contributed by atoms with Gasteiger partial charge in [0.2, 0.25) is 0 Å². The zero-order chi connectivity index (χ0) is 16.2. The maximum Gasteiger partial charge on any atom is 0.152 e. The Morgan fingerprint density at radius 1 is 1.13 bits per heavy atom. The van der Waals surface area contributed by atoms with Gasteiger partial charge < -0.3 is 4.42 Å². The number of nitriles is 1. The van der Waals surface area contributed by atoms with Crippen molar-refractivity contribution in [1.82, 2.24) is 4.98 Å². The molecule has 6 heteroatoms. The lowest BCUT2D eigenvalue weighted by molar-refractivity contribution is 0.579. The van der Waals surface area contributed by atoms with Crippen LogP contribution >= 0.6 is 35.0 Å². The van der Waals surface area contributed by atoms with Gasteiger partial charge in [-0.15, -0.1) is 11.8 Å². The third-order valence-corrected chi connectivity index (χ3v) is 4.92. The third-order valence-electron chi connectivity index (χ3n) is 3.11. The quantitative estimate of drug-likeness (QED) is 0.550. The summed E-state index contributed by atoms with van der Waals surface area (Å²) < 4.78 is 5.35. The van der Waals surface area contributed by atoms with Crippen LogP contribution in [0.3, 0.4) is 0 Å². The molecule has 3 nitrogen and oxygen atoms in total. The Labute approximate surface area is 147 Å². The lowest BCUT2D eigenvalue weighted by Gasteiger charge is -2.06. The Bertz CT molecular complexity index is 873. The van der Waals surface area contributed by atoms with Crippen molar-refractivity contribution in [2.24, 2.45) is 0 Å². The van der Waals surface area contributed by atoms with Crippen molar-refractivity contribution < 1.29 is 4.42 Å². The number of aromatic nitrogens is 1. The zero-order valence-electron chi connectivity index (χ0n) is 11.8. The molecule has 0 atom stereocenters. The highest BCUT2D eigenvalue weighted by Crippen LogP contribution is 2.30. The molecule has 0 spiro atoms. The lowest BCUT2D eigenvalue weighted by atomic mass is 10.2. The molecule has 2 heterocycles. The second kappa shape index (κ2) is 7.10. The normalized spacial score (nSPS) is 10.5. The Morgan fingerprint density at radius 2 is 2.00 bits per heavy atom. The van der Waals surface area contributed by atoms with Crippen molar-refractivity contribution in [1.29, 1.82) is 5.26 Å². The number of furan rings is 1. The SMILES string of the molecule is N#Cc1ccc(-c2ccco2)nc1SCc1ccc(Cl)c(Cl)c1. The van der Waals surface area contributed by atoms with E-state index in [4.69, 9.17) is 27.6 Å². The van der Waals surface area contributed by atoms with Crippen LogP contribution in [-0.2, 0) is 5.75 Å². The molecule has 3 rings (SSSR count). The molecule has 0 unspecified atom stereocenters. The van der Waals surface area contributed by atoms with Gasteiger partial charge in [-0.25, -0.2) is 4.98 Å². The van der Waals surface area contributed by atoms with E-state index in [9.17, 15) is 5.26 Å². The molecule has 0 N–H and O–H groups in total. The van der Waals surface area contributed by atoms with E-state index in [0.717, 1.165) is 5.56 Å². The van der Waals surface area contributed by atoms with Gasteiger partial charge in [-0.1, -0.05) is 29.3 Å². The van der Waals surface area contributed by atoms with Crippen LogP contribution in [0.15, 0.2) is 58.2 Å². The van der Waals surface area contributed by atoms with Crippen LogP contribution < -0.4 is 0 Å². The smallest absolute Gasteiger partial charge is 0.152 e. The first-order valence-electron chi connectivity index (χ1n) is 6.69.